The zero-order chi connectivity index (χ0) is 23.2. The van der Waals surface area contributed by atoms with Crippen molar-refractivity contribution in [3.05, 3.63) is 72.4 Å². The Labute approximate surface area is 191 Å². The summed E-state index contributed by atoms with van der Waals surface area (Å²) in [6.07, 6.45) is 7.98. The number of aliphatic hydroxyl groups is 1. The zero-order valence-corrected chi connectivity index (χ0v) is 18.4. The second-order valence-electron chi connectivity index (χ2n) is 7.91. The van der Waals surface area contributed by atoms with Crippen molar-refractivity contribution in [3.63, 3.8) is 0 Å². The first-order valence-electron chi connectivity index (χ1n) is 11.0. The summed E-state index contributed by atoms with van der Waals surface area (Å²) in [6, 6.07) is 11.2. The van der Waals surface area contributed by atoms with E-state index in [0.29, 0.717) is 31.6 Å². The normalized spacial score (nSPS) is 17.9. The molecule has 0 aliphatic carbocycles. The zero-order valence-electron chi connectivity index (χ0n) is 18.4. The molecule has 0 spiro atoms. The number of anilines is 1. The summed E-state index contributed by atoms with van der Waals surface area (Å²) in [7, 11) is 0. The van der Waals surface area contributed by atoms with E-state index in [4.69, 9.17) is 14.6 Å². The molecule has 8 nitrogen and oxygen atoms in total. The van der Waals surface area contributed by atoms with Crippen LogP contribution in [0.5, 0.6) is 0 Å². The lowest BCUT2D eigenvalue weighted by molar-refractivity contribution is -0.143. The van der Waals surface area contributed by atoms with Gasteiger partial charge in [0, 0.05) is 43.6 Å². The van der Waals surface area contributed by atoms with E-state index in [1.807, 2.05) is 30.5 Å². The predicted octanol–water partition coefficient (Wildman–Crippen LogP) is 3.84. The Morgan fingerprint density at radius 2 is 2.09 bits per heavy atom. The number of benzene rings is 1. The number of amides is 1. The molecule has 0 saturated heterocycles. The number of aliphatic hydroxyl groups excluding tert-OH is 1. The van der Waals surface area contributed by atoms with Gasteiger partial charge >= 0.3 is 0 Å². The van der Waals surface area contributed by atoms with Gasteiger partial charge in [-0.3, -0.25) is 19.1 Å². The Bertz CT molecular complexity index is 1160. The molecule has 0 saturated carbocycles. The Kier molecular flexibility index (Phi) is 7.16. The molecule has 0 unspecified atom stereocenters. The number of nitrogens with zero attached hydrogens (tertiary/aromatic N) is 2. The van der Waals surface area contributed by atoms with Crippen LogP contribution in [0, 0.1) is 0 Å². The number of pyridine rings is 1. The van der Waals surface area contributed by atoms with Crippen LogP contribution in [0.25, 0.3) is 10.9 Å². The SMILES string of the molecule is CC(=O)n1cc([C@H]2C=C(C(=O)Nc3cccnc3)O[C@@H](OCCCCO)C2)c2ccccc21. The van der Waals surface area contributed by atoms with Gasteiger partial charge < -0.3 is 19.9 Å². The highest BCUT2D eigenvalue weighted by molar-refractivity contribution is 6.02. The topological polar surface area (TPSA) is 103 Å². The van der Waals surface area contributed by atoms with Crippen molar-refractivity contribution in [1.82, 2.24) is 9.55 Å². The molecule has 33 heavy (non-hydrogen) atoms. The van der Waals surface area contributed by atoms with Gasteiger partial charge in [-0.2, -0.15) is 0 Å². The first-order chi connectivity index (χ1) is 16.1. The summed E-state index contributed by atoms with van der Waals surface area (Å²) in [5.74, 6) is -0.518. The Balaban J connectivity index is 1.65. The smallest absolute Gasteiger partial charge is 0.290 e. The highest BCUT2D eigenvalue weighted by Crippen LogP contribution is 2.36. The van der Waals surface area contributed by atoms with Crippen LogP contribution in [0.2, 0.25) is 0 Å². The molecule has 3 heterocycles. The molecule has 2 aromatic heterocycles. The number of hydrogen-bond acceptors (Lipinski definition) is 6. The maximum absolute atomic E-state index is 13.0. The Morgan fingerprint density at radius 1 is 1.24 bits per heavy atom. The number of hydrogen-bond donors (Lipinski definition) is 2. The maximum atomic E-state index is 13.0. The van der Waals surface area contributed by atoms with Crippen LogP contribution in [0.1, 0.15) is 42.5 Å². The van der Waals surface area contributed by atoms with Gasteiger partial charge in [-0.15, -0.1) is 0 Å². The first-order valence-corrected chi connectivity index (χ1v) is 11.0. The molecule has 1 aliphatic rings. The average Bonchev–Trinajstić information content (AvgIpc) is 3.22. The minimum Gasteiger partial charge on any atom is -0.459 e. The second-order valence-corrected chi connectivity index (χ2v) is 7.91. The molecular formula is C25H27N3O5. The summed E-state index contributed by atoms with van der Waals surface area (Å²) in [4.78, 5) is 29.2. The van der Waals surface area contributed by atoms with Crippen LogP contribution in [-0.4, -0.2) is 46.0 Å². The van der Waals surface area contributed by atoms with Gasteiger partial charge in [0.05, 0.1) is 24.0 Å². The third-order valence-electron chi connectivity index (χ3n) is 5.54. The number of rotatable bonds is 8. The van der Waals surface area contributed by atoms with Crippen LogP contribution in [0.3, 0.4) is 0 Å². The predicted molar refractivity (Wildman–Crippen MR) is 124 cm³/mol. The lowest BCUT2D eigenvalue weighted by Crippen LogP contribution is -2.29. The van der Waals surface area contributed by atoms with E-state index in [2.05, 4.69) is 10.3 Å². The molecular weight excluding hydrogens is 422 g/mol. The number of carbonyl (C=O) groups excluding carboxylic acids is 2. The molecule has 8 heteroatoms. The van der Waals surface area contributed by atoms with Crippen molar-refractivity contribution in [2.24, 2.45) is 0 Å². The van der Waals surface area contributed by atoms with Crippen LogP contribution in [0.15, 0.2) is 66.8 Å². The number of nitrogens with one attached hydrogen (secondary N) is 1. The lowest BCUT2D eigenvalue weighted by Gasteiger charge is -2.29. The lowest BCUT2D eigenvalue weighted by atomic mass is 9.92. The Hall–Kier alpha value is -3.49. The molecule has 2 atom stereocenters. The van der Waals surface area contributed by atoms with Crippen molar-refractivity contribution in [3.8, 4) is 0 Å². The van der Waals surface area contributed by atoms with Gasteiger partial charge in [-0.25, -0.2) is 0 Å². The van der Waals surface area contributed by atoms with Gasteiger partial charge in [-0.1, -0.05) is 18.2 Å². The van der Waals surface area contributed by atoms with Gasteiger partial charge in [0.25, 0.3) is 5.91 Å². The van der Waals surface area contributed by atoms with Crippen molar-refractivity contribution in [1.29, 1.82) is 0 Å². The molecule has 1 aromatic carbocycles. The molecule has 1 aliphatic heterocycles. The fourth-order valence-electron chi connectivity index (χ4n) is 3.96. The summed E-state index contributed by atoms with van der Waals surface area (Å²) < 4.78 is 13.4. The number of unbranched alkanes of at least 4 members (excludes halogenated alkanes) is 1. The number of allylic oxidation sites excluding steroid dienone is 1. The summed E-state index contributed by atoms with van der Waals surface area (Å²) in [5, 5.41) is 12.8. The molecule has 3 aromatic rings. The molecule has 4 rings (SSSR count). The van der Waals surface area contributed by atoms with Crippen LogP contribution >= 0.6 is 0 Å². The largest absolute Gasteiger partial charge is 0.459 e. The third-order valence-corrected chi connectivity index (χ3v) is 5.54. The van der Waals surface area contributed by atoms with Crippen molar-refractivity contribution < 1.29 is 24.2 Å². The Morgan fingerprint density at radius 3 is 2.85 bits per heavy atom. The van der Waals surface area contributed by atoms with E-state index < -0.39 is 12.2 Å². The van der Waals surface area contributed by atoms with Gasteiger partial charge in [0.2, 0.25) is 12.2 Å². The number of aromatic nitrogens is 2. The standard InChI is InChI=1S/C25H27N3O5/c1-17(30)28-16-21(20-8-2-3-9-22(20)28)18-13-23(25(31)27-19-7-6-10-26-15-19)33-24(14-18)32-12-5-4-11-29/h2-3,6-10,13,15-16,18,24,29H,4-5,11-12,14H2,1H3,(H,27,31)/t18-,24+/m0/s1. The van der Waals surface area contributed by atoms with Gasteiger partial charge in [-0.05, 0) is 42.7 Å². The fraction of sp³-hybridized carbons (Fsp3) is 0.320. The van der Waals surface area contributed by atoms with E-state index in [1.165, 1.54) is 6.92 Å². The average molecular weight is 450 g/mol. The summed E-state index contributed by atoms with van der Waals surface area (Å²) >= 11 is 0. The fourth-order valence-corrected chi connectivity index (χ4v) is 3.96. The van der Waals surface area contributed by atoms with Crippen LogP contribution in [0.4, 0.5) is 5.69 Å². The number of carbonyl (C=O) groups is 2. The highest BCUT2D eigenvalue weighted by atomic mass is 16.7. The second kappa shape index (κ2) is 10.4. The van der Waals surface area contributed by atoms with Gasteiger partial charge in [0.1, 0.15) is 0 Å². The van der Waals surface area contributed by atoms with Crippen molar-refractivity contribution >= 4 is 28.4 Å². The summed E-state index contributed by atoms with van der Waals surface area (Å²) in [5.41, 5.74) is 2.31. The van der Waals surface area contributed by atoms with Crippen molar-refractivity contribution in [2.75, 3.05) is 18.5 Å². The molecule has 1 amide bonds. The van der Waals surface area contributed by atoms with E-state index in [-0.39, 0.29) is 24.2 Å². The third kappa shape index (κ3) is 5.30. The quantitative estimate of drug-likeness (QED) is 0.507. The minimum absolute atomic E-state index is 0.0835. The molecule has 172 valence electrons. The van der Waals surface area contributed by atoms with Crippen LogP contribution in [-0.2, 0) is 14.3 Å². The number of fused-ring (bicyclic) bond motifs is 1. The highest BCUT2D eigenvalue weighted by Gasteiger charge is 2.30. The number of ether oxygens (including phenoxy) is 2. The maximum Gasteiger partial charge on any atom is 0.290 e. The van der Waals surface area contributed by atoms with Gasteiger partial charge in [0.15, 0.2) is 5.76 Å². The summed E-state index contributed by atoms with van der Waals surface area (Å²) in [6.45, 7) is 2.03. The van der Waals surface area contributed by atoms with E-state index in [0.717, 1.165) is 16.5 Å². The molecule has 0 fully saturated rings. The monoisotopic (exact) mass is 449 g/mol. The first kappa shape index (κ1) is 22.7. The minimum atomic E-state index is -0.632. The van der Waals surface area contributed by atoms with Crippen molar-refractivity contribution in [2.45, 2.75) is 38.4 Å². The number of para-hydroxylation sites is 1. The van der Waals surface area contributed by atoms with E-state index in [1.54, 1.807) is 35.2 Å². The van der Waals surface area contributed by atoms with Crippen LogP contribution < -0.4 is 5.32 Å². The van der Waals surface area contributed by atoms with E-state index >= 15 is 0 Å². The molecule has 0 bridgehead atoms. The molecule has 0 radical (unpaired) electrons. The van der Waals surface area contributed by atoms with E-state index in [9.17, 15) is 9.59 Å². The molecule has 2 N–H and O–H groups in total.